The number of carboxylic acid groups (broad SMARTS) is 1. The number of fused-ring (bicyclic) bond motifs is 1. The first-order valence-corrected chi connectivity index (χ1v) is 6.94. The first-order valence-electron chi connectivity index (χ1n) is 6.94. The molecule has 0 bridgehead atoms. The van der Waals surface area contributed by atoms with E-state index >= 15 is 0 Å². The lowest BCUT2D eigenvalue weighted by atomic mass is 10.1. The first-order chi connectivity index (χ1) is 10.0. The number of rotatable bonds is 5. The number of aryl methyl sites for hydroxylation is 1. The second-order valence-electron chi connectivity index (χ2n) is 5.49. The molecule has 0 aliphatic heterocycles. The molecule has 6 heteroatoms. The molecule has 2 N–H and O–H groups in total. The number of carbonyl (C=O) groups excluding carboxylic acids is 1. The van der Waals surface area contributed by atoms with E-state index in [2.05, 4.69) is 10.3 Å². The van der Waals surface area contributed by atoms with Gasteiger partial charge in [-0.05, 0) is 31.4 Å². The van der Waals surface area contributed by atoms with Gasteiger partial charge in [-0.1, -0.05) is 12.8 Å². The minimum absolute atomic E-state index is 0.0881. The number of nitrogens with one attached hydrogen (secondary N) is 1. The van der Waals surface area contributed by atoms with Crippen LogP contribution in [0, 0.1) is 12.8 Å². The number of furan rings is 1. The molecule has 1 unspecified atom stereocenters. The summed E-state index contributed by atoms with van der Waals surface area (Å²) in [5.41, 5.74) is 1.93. The third-order valence-corrected chi connectivity index (χ3v) is 3.61. The smallest absolute Gasteiger partial charge is 0.326 e. The lowest BCUT2D eigenvalue weighted by Crippen LogP contribution is -2.41. The third-order valence-electron chi connectivity index (χ3n) is 3.61. The second-order valence-corrected chi connectivity index (χ2v) is 5.49. The third kappa shape index (κ3) is 3.04. The van der Waals surface area contributed by atoms with E-state index in [4.69, 9.17) is 9.52 Å². The molecule has 1 aliphatic carbocycles. The Balaban J connectivity index is 1.77. The van der Waals surface area contributed by atoms with Crippen molar-refractivity contribution in [2.75, 3.05) is 0 Å². The average molecular weight is 288 g/mol. The zero-order chi connectivity index (χ0) is 15.0. The minimum Gasteiger partial charge on any atom is -0.480 e. The van der Waals surface area contributed by atoms with Crippen LogP contribution in [0.25, 0.3) is 11.1 Å². The number of nitrogens with zero attached hydrogens (tertiary/aromatic N) is 1. The Bertz CT molecular complexity index is 703. The Kier molecular flexibility index (Phi) is 3.37. The van der Waals surface area contributed by atoms with Gasteiger partial charge in [-0.2, -0.15) is 0 Å². The van der Waals surface area contributed by atoms with Crippen LogP contribution in [0.4, 0.5) is 0 Å². The number of pyridine rings is 1. The van der Waals surface area contributed by atoms with E-state index in [-0.39, 0.29) is 5.76 Å². The Morgan fingerprint density at radius 2 is 2.24 bits per heavy atom. The van der Waals surface area contributed by atoms with Crippen molar-refractivity contribution in [3.63, 3.8) is 0 Å². The standard InChI is InChI=1S/C15H16N2O4/c1-8-2-5-12-10(16-8)7-13(21-12)14(18)17-11(15(19)20)6-9-3-4-9/h2,5,7,9,11H,3-4,6H2,1H3,(H,17,18)(H,19,20). The van der Waals surface area contributed by atoms with Crippen molar-refractivity contribution in [2.24, 2.45) is 5.92 Å². The van der Waals surface area contributed by atoms with Gasteiger partial charge in [0.15, 0.2) is 11.3 Å². The summed E-state index contributed by atoms with van der Waals surface area (Å²) in [6, 6.07) is 4.20. The van der Waals surface area contributed by atoms with Gasteiger partial charge in [0.2, 0.25) is 0 Å². The summed E-state index contributed by atoms with van der Waals surface area (Å²) in [5, 5.41) is 11.7. The number of hydrogen-bond acceptors (Lipinski definition) is 4. The van der Waals surface area contributed by atoms with Crippen molar-refractivity contribution in [3.8, 4) is 0 Å². The predicted octanol–water partition coefficient (Wildman–Crippen LogP) is 2.12. The summed E-state index contributed by atoms with van der Waals surface area (Å²) < 4.78 is 5.42. The molecule has 6 nitrogen and oxygen atoms in total. The normalized spacial score (nSPS) is 15.9. The predicted molar refractivity (Wildman–Crippen MR) is 75.0 cm³/mol. The lowest BCUT2D eigenvalue weighted by Gasteiger charge is -2.12. The van der Waals surface area contributed by atoms with E-state index in [0.29, 0.717) is 23.4 Å². The summed E-state index contributed by atoms with van der Waals surface area (Å²) in [6.45, 7) is 1.85. The molecule has 1 aliphatic rings. The number of aromatic nitrogens is 1. The molecule has 1 saturated carbocycles. The molecule has 110 valence electrons. The molecule has 3 rings (SSSR count). The Morgan fingerprint density at radius 3 is 2.90 bits per heavy atom. The molecule has 2 heterocycles. The number of carbonyl (C=O) groups is 2. The van der Waals surface area contributed by atoms with Crippen LogP contribution in [-0.2, 0) is 4.79 Å². The monoisotopic (exact) mass is 288 g/mol. The SMILES string of the molecule is Cc1ccc2oc(C(=O)NC(CC3CC3)C(=O)O)cc2n1. The van der Waals surface area contributed by atoms with Crippen molar-refractivity contribution >= 4 is 23.0 Å². The van der Waals surface area contributed by atoms with Gasteiger partial charge in [-0.15, -0.1) is 0 Å². The molecular weight excluding hydrogens is 272 g/mol. The molecule has 0 spiro atoms. The zero-order valence-corrected chi connectivity index (χ0v) is 11.6. The van der Waals surface area contributed by atoms with Gasteiger partial charge >= 0.3 is 5.97 Å². The maximum Gasteiger partial charge on any atom is 0.326 e. The van der Waals surface area contributed by atoms with Crippen LogP contribution in [0.15, 0.2) is 22.6 Å². The summed E-state index contributed by atoms with van der Waals surface area (Å²) in [7, 11) is 0. The summed E-state index contributed by atoms with van der Waals surface area (Å²) >= 11 is 0. The molecular formula is C15H16N2O4. The second kappa shape index (κ2) is 5.20. The summed E-state index contributed by atoms with van der Waals surface area (Å²) in [4.78, 5) is 27.6. The highest BCUT2D eigenvalue weighted by Gasteiger charge is 2.31. The topological polar surface area (TPSA) is 92.4 Å². The average Bonchev–Trinajstić information content (AvgIpc) is 3.14. The maximum absolute atomic E-state index is 12.1. The largest absolute Gasteiger partial charge is 0.480 e. The van der Waals surface area contributed by atoms with Crippen LogP contribution in [0.5, 0.6) is 0 Å². The number of hydrogen-bond donors (Lipinski definition) is 2. The van der Waals surface area contributed by atoms with Crippen LogP contribution in [0.3, 0.4) is 0 Å². The number of carboxylic acids is 1. The molecule has 1 atom stereocenters. The van der Waals surface area contributed by atoms with E-state index in [0.717, 1.165) is 18.5 Å². The Hall–Kier alpha value is -2.37. The zero-order valence-electron chi connectivity index (χ0n) is 11.6. The van der Waals surface area contributed by atoms with Crippen molar-refractivity contribution in [2.45, 2.75) is 32.2 Å². The highest BCUT2D eigenvalue weighted by molar-refractivity contribution is 5.97. The quantitative estimate of drug-likeness (QED) is 0.879. The van der Waals surface area contributed by atoms with Gasteiger partial charge < -0.3 is 14.8 Å². The van der Waals surface area contributed by atoms with Gasteiger partial charge in [0.05, 0.1) is 0 Å². The van der Waals surface area contributed by atoms with E-state index in [1.54, 1.807) is 12.1 Å². The van der Waals surface area contributed by atoms with Gasteiger partial charge in [0, 0.05) is 11.8 Å². The molecule has 0 aromatic carbocycles. The summed E-state index contributed by atoms with van der Waals surface area (Å²) in [6.07, 6.45) is 2.54. The molecule has 0 radical (unpaired) electrons. The van der Waals surface area contributed by atoms with Crippen LogP contribution in [0.1, 0.15) is 35.5 Å². The van der Waals surface area contributed by atoms with Crippen LogP contribution < -0.4 is 5.32 Å². The fourth-order valence-electron chi connectivity index (χ4n) is 2.28. The number of aliphatic carboxylic acids is 1. The molecule has 2 aromatic heterocycles. The maximum atomic E-state index is 12.1. The number of amides is 1. The van der Waals surface area contributed by atoms with Gasteiger partial charge in [-0.25, -0.2) is 9.78 Å². The highest BCUT2D eigenvalue weighted by atomic mass is 16.4. The van der Waals surface area contributed by atoms with Crippen molar-refractivity contribution in [1.82, 2.24) is 10.3 Å². The van der Waals surface area contributed by atoms with Crippen molar-refractivity contribution in [3.05, 3.63) is 29.7 Å². The van der Waals surface area contributed by atoms with E-state index in [9.17, 15) is 9.59 Å². The van der Waals surface area contributed by atoms with Crippen molar-refractivity contribution in [1.29, 1.82) is 0 Å². The van der Waals surface area contributed by atoms with Crippen molar-refractivity contribution < 1.29 is 19.1 Å². The Labute approximate surface area is 121 Å². The van der Waals surface area contributed by atoms with E-state index in [1.165, 1.54) is 6.07 Å². The van der Waals surface area contributed by atoms with Gasteiger partial charge in [-0.3, -0.25) is 4.79 Å². The fourth-order valence-corrected chi connectivity index (χ4v) is 2.28. The van der Waals surface area contributed by atoms with Crippen LogP contribution >= 0.6 is 0 Å². The molecule has 1 fully saturated rings. The Morgan fingerprint density at radius 1 is 1.48 bits per heavy atom. The fraction of sp³-hybridized carbons (Fsp3) is 0.400. The molecule has 1 amide bonds. The molecule has 21 heavy (non-hydrogen) atoms. The van der Waals surface area contributed by atoms with E-state index < -0.39 is 17.9 Å². The first kappa shape index (κ1) is 13.6. The van der Waals surface area contributed by atoms with Gasteiger partial charge in [0.25, 0.3) is 5.91 Å². The van der Waals surface area contributed by atoms with E-state index in [1.807, 2.05) is 6.92 Å². The minimum atomic E-state index is -1.01. The van der Waals surface area contributed by atoms with Crippen LogP contribution in [-0.4, -0.2) is 28.0 Å². The highest BCUT2D eigenvalue weighted by Crippen LogP contribution is 2.33. The van der Waals surface area contributed by atoms with Gasteiger partial charge in [0.1, 0.15) is 11.6 Å². The molecule has 2 aromatic rings. The summed E-state index contributed by atoms with van der Waals surface area (Å²) in [5.74, 6) is -1.03. The lowest BCUT2D eigenvalue weighted by molar-refractivity contribution is -0.139. The van der Waals surface area contributed by atoms with Crippen LogP contribution in [0.2, 0.25) is 0 Å². The molecule has 0 saturated heterocycles.